The van der Waals surface area contributed by atoms with Crippen LogP contribution in [0.15, 0.2) is 35.9 Å². The topological polar surface area (TPSA) is 29.5 Å². The standard InChI is InChI=1S/C15H18O2/c1-10-7-8-13-12(9-10)11-5-3-4-6-14(11)17-15(13,2)16/h3-7,12-13,16H,8-9H2,1-2H3/t12-,13+,15-/m0/s1. The van der Waals surface area contributed by atoms with Gasteiger partial charge in [0.15, 0.2) is 0 Å². The summed E-state index contributed by atoms with van der Waals surface area (Å²) in [6.45, 7) is 3.96. The Labute approximate surface area is 102 Å². The molecule has 0 unspecified atom stereocenters. The molecule has 0 saturated heterocycles. The fourth-order valence-corrected chi connectivity index (χ4v) is 3.16. The Morgan fingerprint density at radius 2 is 2.12 bits per heavy atom. The SMILES string of the molecule is CC1=CC[C@@H]2[C@@H](C1)c1ccccc1O[C@]2(C)O. The molecule has 1 aliphatic heterocycles. The third kappa shape index (κ3) is 1.67. The smallest absolute Gasteiger partial charge is 0.209 e. The van der Waals surface area contributed by atoms with Crippen molar-refractivity contribution in [3.63, 3.8) is 0 Å². The molecular formula is C15H18O2. The molecule has 90 valence electrons. The highest BCUT2D eigenvalue weighted by molar-refractivity contribution is 5.41. The second-order valence-electron chi connectivity index (χ2n) is 5.40. The number of hydrogen-bond donors (Lipinski definition) is 1. The van der Waals surface area contributed by atoms with Gasteiger partial charge in [0, 0.05) is 18.8 Å². The summed E-state index contributed by atoms with van der Waals surface area (Å²) >= 11 is 0. The molecule has 0 fully saturated rings. The minimum atomic E-state index is -1.05. The lowest BCUT2D eigenvalue weighted by Gasteiger charge is -2.45. The molecule has 2 heteroatoms. The van der Waals surface area contributed by atoms with Gasteiger partial charge in [-0.3, -0.25) is 0 Å². The van der Waals surface area contributed by atoms with Gasteiger partial charge in [0.1, 0.15) is 5.75 Å². The highest BCUT2D eigenvalue weighted by Crippen LogP contribution is 2.50. The number of aliphatic hydroxyl groups is 1. The second kappa shape index (κ2) is 3.61. The summed E-state index contributed by atoms with van der Waals surface area (Å²) in [5.74, 6) is 0.352. The van der Waals surface area contributed by atoms with E-state index in [0.717, 1.165) is 18.6 Å². The van der Waals surface area contributed by atoms with Crippen LogP contribution in [0.1, 0.15) is 38.2 Å². The summed E-state index contributed by atoms with van der Waals surface area (Å²) in [6, 6.07) is 8.09. The molecular weight excluding hydrogens is 212 g/mol. The minimum absolute atomic E-state index is 0.168. The van der Waals surface area contributed by atoms with E-state index in [9.17, 15) is 5.11 Å². The number of benzene rings is 1. The van der Waals surface area contributed by atoms with Crippen LogP contribution in [0.4, 0.5) is 0 Å². The number of hydrogen-bond acceptors (Lipinski definition) is 2. The maximum atomic E-state index is 10.5. The van der Waals surface area contributed by atoms with E-state index in [1.54, 1.807) is 6.92 Å². The molecule has 3 rings (SSSR count). The van der Waals surface area contributed by atoms with Crippen molar-refractivity contribution < 1.29 is 9.84 Å². The maximum absolute atomic E-state index is 10.5. The first-order valence-corrected chi connectivity index (χ1v) is 6.24. The van der Waals surface area contributed by atoms with Gasteiger partial charge in [0.2, 0.25) is 5.79 Å². The Hall–Kier alpha value is -1.28. The number of para-hydroxylation sites is 1. The lowest BCUT2D eigenvalue weighted by molar-refractivity contribution is -0.180. The van der Waals surface area contributed by atoms with Crippen LogP contribution in [-0.4, -0.2) is 10.9 Å². The van der Waals surface area contributed by atoms with Gasteiger partial charge in [-0.05, 0) is 31.4 Å². The third-order valence-electron chi connectivity index (χ3n) is 4.07. The molecule has 1 N–H and O–H groups in total. The zero-order valence-corrected chi connectivity index (χ0v) is 10.3. The molecule has 0 aromatic heterocycles. The summed E-state index contributed by atoms with van der Waals surface area (Å²) in [6.07, 6.45) is 4.16. The molecule has 0 spiro atoms. The van der Waals surface area contributed by atoms with E-state index in [4.69, 9.17) is 4.74 Å². The molecule has 17 heavy (non-hydrogen) atoms. The van der Waals surface area contributed by atoms with Gasteiger partial charge in [0.25, 0.3) is 0 Å². The fraction of sp³-hybridized carbons (Fsp3) is 0.467. The fourth-order valence-electron chi connectivity index (χ4n) is 3.16. The molecule has 2 aliphatic rings. The summed E-state index contributed by atoms with van der Waals surface area (Å²) in [5.41, 5.74) is 2.66. The number of fused-ring (bicyclic) bond motifs is 3. The molecule has 1 aliphatic carbocycles. The van der Waals surface area contributed by atoms with Gasteiger partial charge in [-0.2, -0.15) is 0 Å². The Morgan fingerprint density at radius 1 is 1.35 bits per heavy atom. The van der Waals surface area contributed by atoms with Gasteiger partial charge in [-0.1, -0.05) is 29.8 Å². The summed E-state index contributed by atoms with van der Waals surface area (Å²) < 4.78 is 5.75. The van der Waals surface area contributed by atoms with Gasteiger partial charge in [-0.15, -0.1) is 0 Å². The molecule has 0 saturated carbocycles. The van der Waals surface area contributed by atoms with E-state index < -0.39 is 5.79 Å². The quantitative estimate of drug-likeness (QED) is 0.693. The van der Waals surface area contributed by atoms with Crippen molar-refractivity contribution in [1.82, 2.24) is 0 Å². The van der Waals surface area contributed by atoms with Crippen molar-refractivity contribution in [2.75, 3.05) is 0 Å². The Balaban J connectivity index is 2.10. The molecule has 0 bridgehead atoms. The molecule has 0 amide bonds. The van der Waals surface area contributed by atoms with E-state index in [1.165, 1.54) is 11.1 Å². The molecule has 1 aromatic carbocycles. The molecule has 0 radical (unpaired) electrons. The van der Waals surface area contributed by atoms with E-state index in [1.807, 2.05) is 18.2 Å². The van der Waals surface area contributed by atoms with E-state index in [-0.39, 0.29) is 5.92 Å². The van der Waals surface area contributed by atoms with E-state index in [0.29, 0.717) is 5.92 Å². The predicted octanol–water partition coefficient (Wildman–Crippen LogP) is 3.23. The van der Waals surface area contributed by atoms with Gasteiger partial charge in [0.05, 0.1) is 0 Å². The Kier molecular flexibility index (Phi) is 2.30. The van der Waals surface area contributed by atoms with Crippen molar-refractivity contribution in [2.45, 2.75) is 38.4 Å². The molecule has 2 nitrogen and oxygen atoms in total. The minimum Gasteiger partial charge on any atom is -0.462 e. The van der Waals surface area contributed by atoms with Crippen LogP contribution in [0.25, 0.3) is 0 Å². The summed E-state index contributed by atoms with van der Waals surface area (Å²) in [5, 5.41) is 10.5. The molecule has 1 heterocycles. The van der Waals surface area contributed by atoms with Crippen molar-refractivity contribution in [1.29, 1.82) is 0 Å². The third-order valence-corrected chi connectivity index (χ3v) is 4.07. The van der Waals surface area contributed by atoms with Gasteiger partial charge >= 0.3 is 0 Å². The van der Waals surface area contributed by atoms with Crippen LogP contribution in [0, 0.1) is 5.92 Å². The first kappa shape index (κ1) is 10.8. The van der Waals surface area contributed by atoms with Crippen molar-refractivity contribution in [3.05, 3.63) is 41.5 Å². The first-order chi connectivity index (χ1) is 8.08. The summed E-state index contributed by atoms with van der Waals surface area (Å²) in [7, 11) is 0. The van der Waals surface area contributed by atoms with Crippen LogP contribution < -0.4 is 4.74 Å². The second-order valence-corrected chi connectivity index (χ2v) is 5.40. The highest BCUT2D eigenvalue weighted by atomic mass is 16.6. The average Bonchev–Trinajstić information content (AvgIpc) is 2.28. The molecule has 3 atom stereocenters. The van der Waals surface area contributed by atoms with Crippen LogP contribution in [0.3, 0.4) is 0 Å². The van der Waals surface area contributed by atoms with Crippen molar-refractivity contribution in [2.24, 2.45) is 5.92 Å². The summed E-state index contributed by atoms with van der Waals surface area (Å²) in [4.78, 5) is 0. The zero-order valence-electron chi connectivity index (χ0n) is 10.3. The van der Waals surface area contributed by atoms with Crippen molar-refractivity contribution in [3.8, 4) is 5.75 Å². The number of rotatable bonds is 0. The van der Waals surface area contributed by atoms with Gasteiger partial charge < -0.3 is 9.84 Å². The lowest BCUT2D eigenvalue weighted by atomic mass is 9.71. The Morgan fingerprint density at radius 3 is 2.94 bits per heavy atom. The van der Waals surface area contributed by atoms with E-state index in [2.05, 4.69) is 19.1 Å². The average molecular weight is 230 g/mol. The Bertz CT molecular complexity index is 474. The number of ether oxygens (including phenoxy) is 1. The lowest BCUT2D eigenvalue weighted by Crippen LogP contribution is -2.47. The largest absolute Gasteiger partial charge is 0.462 e. The monoisotopic (exact) mass is 230 g/mol. The first-order valence-electron chi connectivity index (χ1n) is 6.24. The van der Waals surface area contributed by atoms with Crippen LogP contribution in [-0.2, 0) is 0 Å². The highest BCUT2D eigenvalue weighted by Gasteiger charge is 2.45. The van der Waals surface area contributed by atoms with Crippen LogP contribution >= 0.6 is 0 Å². The predicted molar refractivity (Wildman–Crippen MR) is 66.9 cm³/mol. The van der Waals surface area contributed by atoms with Crippen molar-refractivity contribution >= 4 is 0 Å². The molecule has 1 aromatic rings. The van der Waals surface area contributed by atoms with Crippen LogP contribution in [0.2, 0.25) is 0 Å². The zero-order chi connectivity index (χ0) is 12.0. The normalized spacial score (nSPS) is 35.4. The van der Waals surface area contributed by atoms with Crippen LogP contribution in [0.5, 0.6) is 5.75 Å². The van der Waals surface area contributed by atoms with E-state index >= 15 is 0 Å². The number of allylic oxidation sites excluding steroid dienone is 2. The maximum Gasteiger partial charge on any atom is 0.209 e. The van der Waals surface area contributed by atoms with Gasteiger partial charge in [-0.25, -0.2) is 0 Å².